The smallest absolute Gasteiger partial charge is 0.126 e. The number of ether oxygens (including phenoxy) is 2. The number of aromatic nitrogens is 2. The fourth-order valence-electron chi connectivity index (χ4n) is 5.01. The van der Waals surface area contributed by atoms with Crippen LogP contribution in [0.15, 0.2) is 30.6 Å². The monoisotopic (exact) mass is 513 g/mol. The topological polar surface area (TPSA) is 104 Å². The van der Waals surface area contributed by atoms with Crippen molar-refractivity contribution in [3.05, 3.63) is 35.6 Å². The van der Waals surface area contributed by atoms with Gasteiger partial charge in [-0.2, -0.15) is 5.26 Å². The number of nitrogens with one attached hydrogen (secondary N) is 3. The minimum atomic E-state index is -0.785. The summed E-state index contributed by atoms with van der Waals surface area (Å²) >= 11 is 6.53. The molecular formula is C27H37ClN6O2. The lowest BCUT2D eigenvalue weighted by molar-refractivity contribution is 0.0456. The number of nitrogens with zero attached hydrogens (tertiary/aromatic N) is 3. The molecule has 1 atom stereocenters. The van der Waals surface area contributed by atoms with E-state index in [1.165, 1.54) is 0 Å². The fourth-order valence-corrected chi connectivity index (χ4v) is 5.21. The first-order valence-corrected chi connectivity index (χ1v) is 13.1. The summed E-state index contributed by atoms with van der Waals surface area (Å²) in [5, 5.41) is 20.8. The van der Waals surface area contributed by atoms with Gasteiger partial charge in [0.2, 0.25) is 0 Å². The molecule has 1 aliphatic heterocycles. The summed E-state index contributed by atoms with van der Waals surface area (Å²) in [5.74, 6) is 0.704. The first-order chi connectivity index (χ1) is 17.8. The molecular weight excluding hydrogens is 476 g/mol. The van der Waals surface area contributed by atoms with E-state index in [0.717, 1.165) is 42.6 Å². The molecule has 0 radical (unpaired) electrons. The third-order valence-electron chi connectivity index (χ3n) is 7.12. The minimum Gasteiger partial charge on any atom is -0.383 e. The molecule has 8 nitrogen and oxygen atoms in total. The van der Waals surface area contributed by atoms with E-state index in [-0.39, 0.29) is 0 Å². The molecule has 2 aromatic heterocycles. The van der Waals surface area contributed by atoms with Crippen molar-refractivity contribution in [2.24, 2.45) is 5.41 Å². The third-order valence-corrected chi connectivity index (χ3v) is 7.42. The lowest BCUT2D eigenvalue weighted by atomic mass is 9.82. The lowest BCUT2D eigenvalue weighted by Crippen LogP contribution is -2.42. The van der Waals surface area contributed by atoms with Crippen molar-refractivity contribution in [2.45, 2.75) is 63.6 Å². The van der Waals surface area contributed by atoms with Gasteiger partial charge in [0.25, 0.3) is 0 Å². The Morgan fingerprint density at radius 3 is 2.69 bits per heavy atom. The van der Waals surface area contributed by atoms with E-state index in [4.69, 9.17) is 27.4 Å². The van der Waals surface area contributed by atoms with Crippen molar-refractivity contribution >= 4 is 23.1 Å². The van der Waals surface area contributed by atoms with Gasteiger partial charge in [-0.1, -0.05) is 11.6 Å². The van der Waals surface area contributed by atoms with Crippen LogP contribution < -0.4 is 16.0 Å². The maximum atomic E-state index is 9.80. The Kier molecular flexibility index (Phi) is 8.89. The first kappa shape index (κ1) is 25.2. The summed E-state index contributed by atoms with van der Waals surface area (Å²) in [6.07, 6.45) is 8.69. The van der Waals surface area contributed by atoms with Crippen molar-refractivity contribution in [1.29, 1.82) is 5.26 Å². The van der Waals surface area contributed by atoms with Gasteiger partial charge in [-0.05, 0) is 63.6 Å². The Hall–Kier alpha value is -2.44. The van der Waals surface area contributed by atoms with Crippen LogP contribution in [0.5, 0.6) is 0 Å². The number of halogens is 1. The van der Waals surface area contributed by atoms with Gasteiger partial charge in [0.1, 0.15) is 5.82 Å². The summed E-state index contributed by atoms with van der Waals surface area (Å²) in [6, 6.07) is 8.17. The Bertz CT molecular complexity index is 1080. The van der Waals surface area contributed by atoms with E-state index in [1.807, 2.05) is 25.1 Å². The summed E-state index contributed by atoms with van der Waals surface area (Å²) in [6.45, 7) is 3.94. The molecule has 1 aliphatic carbocycles. The molecule has 2 aromatic rings. The number of rotatable bonds is 10. The van der Waals surface area contributed by atoms with Crippen molar-refractivity contribution in [1.82, 2.24) is 15.3 Å². The van der Waals surface area contributed by atoms with Gasteiger partial charge in [-0.15, -0.1) is 0 Å². The van der Waals surface area contributed by atoms with Gasteiger partial charge in [-0.3, -0.25) is 4.98 Å². The molecule has 194 valence electrons. The highest BCUT2D eigenvalue weighted by molar-refractivity contribution is 6.33. The predicted molar refractivity (Wildman–Crippen MR) is 143 cm³/mol. The molecule has 1 saturated carbocycles. The zero-order valence-electron chi connectivity index (χ0n) is 22.1. The summed E-state index contributed by atoms with van der Waals surface area (Å²) in [5.41, 5.74) is 2.04. The molecule has 9 heteroatoms. The lowest BCUT2D eigenvalue weighted by Gasteiger charge is -2.32. The molecule has 36 heavy (non-hydrogen) atoms. The Morgan fingerprint density at radius 2 is 2.00 bits per heavy atom. The van der Waals surface area contributed by atoms with Crippen LogP contribution in [-0.4, -0.2) is 61.5 Å². The van der Waals surface area contributed by atoms with Crippen LogP contribution in [0, 0.1) is 16.7 Å². The SMILES string of the molecule is [2H]C(C)(COC)NC1CCC(Nc2ccc(NCC3(C#N)CCOCC3)nc2-c2ccncc2Cl)CC1. The average molecular weight is 514 g/mol. The van der Waals surface area contributed by atoms with Gasteiger partial charge in [0.05, 0.1) is 34.5 Å². The highest BCUT2D eigenvalue weighted by atomic mass is 35.5. The maximum Gasteiger partial charge on any atom is 0.126 e. The number of pyridine rings is 2. The molecule has 3 heterocycles. The number of hydrogen-bond donors (Lipinski definition) is 3. The highest BCUT2D eigenvalue weighted by Crippen LogP contribution is 2.35. The Labute approximate surface area is 220 Å². The second-order valence-corrected chi connectivity index (χ2v) is 10.3. The summed E-state index contributed by atoms with van der Waals surface area (Å²) in [4.78, 5) is 9.06. The molecule has 3 N–H and O–H groups in total. The minimum absolute atomic E-state index is 0.293. The van der Waals surface area contributed by atoms with Crippen molar-refractivity contribution in [2.75, 3.05) is 44.1 Å². The second kappa shape index (κ2) is 12.7. The summed E-state index contributed by atoms with van der Waals surface area (Å²) in [7, 11) is 1.63. The average Bonchev–Trinajstić information content (AvgIpc) is 2.90. The molecule has 0 spiro atoms. The standard InChI is InChI=1S/C27H37ClN6O2/c1-19(16-35-2)32-20-3-5-21(6-4-20)33-24-7-8-25(31-18-27(17-29)10-13-36-14-11-27)34-26(24)22-9-12-30-15-23(22)28/h7-9,12,15,19-21,32-33H,3-6,10-11,13-14,16,18H2,1-2H3,(H,31,34)/i19D. The predicted octanol–water partition coefficient (Wildman–Crippen LogP) is 4.88. The fraction of sp³-hybridized carbons (Fsp3) is 0.593. The molecule has 2 fully saturated rings. The van der Waals surface area contributed by atoms with E-state index in [1.54, 1.807) is 19.5 Å². The normalized spacial score (nSPS) is 23.7. The molecule has 4 rings (SSSR count). The van der Waals surface area contributed by atoms with E-state index >= 15 is 0 Å². The highest BCUT2D eigenvalue weighted by Gasteiger charge is 2.32. The number of anilines is 2. The van der Waals surface area contributed by atoms with Gasteiger partial charge in [-0.25, -0.2) is 4.98 Å². The van der Waals surface area contributed by atoms with E-state index < -0.39 is 11.4 Å². The zero-order chi connectivity index (χ0) is 26.3. The molecule has 0 amide bonds. The number of nitriles is 1. The van der Waals surface area contributed by atoms with Crippen molar-refractivity contribution in [3.8, 4) is 17.3 Å². The molecule has 1 saturated heterocycles. The van der Waals surface area contributed by atoms with Gasteiger partial charge in [0.15, 0.2) is 0 Å². The van der Waals surface area contributed by atoms with Gasteiger partial charge in [0, 0.05) is 64.3 Å². The Balaban J connectivity index is 1.47. The zero-order valence-corrected chi connectivity index (χ0v) is 21.9. The molecule has 2 aliphatic rings. The molecule has 0 bridgehead atoms. The van der Waals surface area contributed by atoms with E-state index in [2.05, 4.69) is 27.0 Å². The second-order valence-electron chi connectivity index (χ2n) is 9.86. The quantitative estimate of drug-likeness (QED) is 0.413. The maximum absolute atomic E-state index is 9.80. The van der Waals surface area contributed by atoms with Crippen LogP contribution in [0.2, 0.25) is 5.02 Å². The van der Waals surface area contributed by atoms with Crippen LogP contribution in [-0.2, 0) is 9.47 Å². The number of hydrogen-bond acceptors (Lipinski definition) is 8. The van der Waals surface area contributed by atoms with Crippen LogP contribution in [0.4, 0.5) is 11.5 Å². The van der Waals surface area contributed by atoms with Crippen molar-refractivity contribution in [3.63, 3.8) is 0 Å². The van der Waals surface area contributed by atoms with Crippen LogP contribution in [0.3, 0.4) is 0 Å². The van der Waals surface area contributed by atoms with Crippen LogP contribution >= 0.6 is 11.6 Å². The summed E-state index contributed by atoms with van der Waals surface area (Å²) < 4.78 is 19.0. The third kappa shape index (κ3) is 6.86. The van der Waals surface area contributed by atoms with E-state index in [0.29, 0.717) is 62.1 Å². The number of methoxy groups -OCH3 is 1. The van der Waals surface area contributed by atoms with Crippen molar-refractivity contribution < 1.29 is 10.8 Å². The largest absolute Gasteiger partial charge is 0.383 e. The van der Waals surface area contributed by atoms with Crippen LogP contribution in [0.25, 0.3) is 11.3 Å². The Morgan fingerprint density at radius 1 is 1.25 bits per heavy atom. The van der Waals surface area contributed by atoms with Gasteiger partial charge >= 0.3 is 0 Å². The van der Waals surface area contributed by atoms with Gasteiger partial charge < -0.3 is 25.4 Å². The molecule has 1 unspecified atom stereocenters. The van der Waals surface area contributed by atoms with E-state index in [9.17, 15) is 5.26 Å². The van der Waals surface area contributed by atoms with Crippen LogP contribution in [0.1, 0.15) is 46.8 Å². The first-order valence-electron chi connectivity index (χ1n) is 13.2. The molecule has 0 aromatic carbocycles.